The van der Waals surface area contributed by atoms with Crippen LogP contribution in [0.4, 0.5) is 0 Å². The third-order valence-corrected chi connectivity index (χ3v) is 2.20. The highest BCUT2D eigenvalue weighted by molar-refractivity contribution is 5.75. The Morgan fingerprint density at radius 2 is 2.38 bits per heavy atom. The molecular weight excluding hydrogens is 164 g/mol. The van der Waals surface area contributed by atoms with Crippen molar-refractivity contribution in [3.63, 3.8) is 0 Å². The predicted octanol–water partition coefficient (Wildman–Crippen LogP) is 0.678. The molecule has 3 heteroatoms. The van der Waals surface area contributed by atoms with Gasteiger partial charge in [-0.1, -0.05) is 12.2 Å². The first-order valence-corrected chi connectivity index (χ1v) is 4.36. The molecule has 2 aliphatic rings. The summed E-state index contributed by atoms with van der Waals surface area (Å²) in [5.74, 6) is 0.415. The van der Waals surface area contributed by atoms with Crippen LogP contribution in [0.25, 0.3) is 0 Å². The fourth-order valence-electron chi connectivity index (χ4n) is 1.60. The fraction of sp³-hybridized carbons (Fsp3) is 0.300. The highest BCUT2D eigenvalue weighted by Crippen LogP contribution is 2.20. The van der Waals surface area contributed by atoms with Crippen molar-refractivity contribution in [2.24, 2.45) is 5.92 Å². The van der Waals surface area contributed by atoms with Crippen LogP contribution in [0.5, 0.6) is 0 Å². The summed E-state index contributed by atoms with van der Waals surface area (Å²) < 4.78 is 0. The second-order valence-electron chi connectivity index (χ2n) is 3.29. The van der Waals surface area contributed by atoms with Crippen molar-refractivity contribution in [3.8, 4) is 0 Å². The number of amides is 1. The lowest BCUT2D eigenvalue weighted by molar-refractivity contribution is -0.118. The van der Waals surface area contributed by atoms with E-state index in [1.165, 1.54) is 6.92 Å². The van der Waals surface area contributed by atoms with E-state index in [4.69, 9.17) is 0 Å². The highest BCUT2D eigenvalue weighted by Gasteiger charge is 2.21. The number of fused-ring (bicyclic) bond motifs is 1. The van der Waals surface area contributed by atoms with Crippen molar-refractivity contribution < 1.29 is 4.79 Å². The number of carbonyl (C=O) groups is 1. The number of rotatable bonds is 1. The second kappa shape index (κ2) is 3.09. The van der Waals surface area contributed by atoms with Crippen LogP contribution in [0.3, 0.4) is 0 Å². The highest BCUT2D eigenvalue weighted by atomic mass is 16.1. The Bertz CT molecular complexity index is 315. The lowest BCUT2D eigenvalue weighted by Gasteiger charge is -2.18. The molecular formula is C10H12N2O. The van der Waals surface area contributed by atoms with E-state index in [0.717, 1.165) is 5.70 Å². The maximum absolute atomic E-state index is 10.8. The average Bonchev–Trinajstić information content (AvgIpc) is 2.49. The topological polar surface area (TPSA) is 41.1 Å². The summed E-state index contributed by atoms with van der Waals surface area (Å²) >= 11 is 0. The number of hydrogen-bond acceptors (Lipinski definition) is 2. The Morgan fingerprint density at radius 1 is 1.54 bits per heavy atom. The zero-order valence-corrected chi connectivity index (χ0v) is 7.45. The molecule has 0 aromatic carbocycles. The van der Waals surface area contributed by atoms with Crippen molar-refractivity contribution in [1.82, 2.24) is 10.6 Å². The van der Waals surface area contributed by atoms with Gasteiger partial charge >= 0.3 is 0 Å². The van der Waals surface area contributed by atoms with E-state index in [-0.39, 0.29) is 5.91 Å². The largest absolute Gasteiger partial charge is 0.384 e. The van der Waals surface area contributed by atoms with Crippen LogP contribution >= 0.6 is 0 Å². The summed E-state index contributed by atoms with van der Waals surface area (Å²) in [4.78, 5) is 10.8. The number of allylic oxidation sites excluding steroid dienone is 1. The van der Waals surface area contributed by atoms with Gasteiger partial charge in [0.25, 0.3) is 0 Å². The first-order chi connectivity index (χ1) is 6.25. The fourth-order valence-corrected chi connectivity index (χ4v) is 1.60. The lowest BCUT2D eigenvalue weighted by atomic mass is 9.96. The van der Waals surface area contributed by atoms with Crippen LogP contribution in [-0.4, -0.2) is 11.9 Å². The van der Waals surface area contributed by atoms with Gasteiger partial charge in [0.15, 0.2) is 0 Å². The van der Waals surface area contributed by atoms with Crippen LogP contribution in [0.15, 0.2) is 36.2 Å². The van der Waals surface area contributed by atoms with Gasteiger partial charge in [-0.15, -0.1) is 0 Å². The van der Waals surface area contributed by atoms with Crippen molar-refractivity contribution >= 4 is 5.91 Å². The Labute approximate surface area is 77.2 Å². The smallest absolute Gasteiger partial charge is 0.221 e. The predicted molar refractivity (Wildman–Crippen MR) is 50.6 cm³/mol. The van der Waals surface area contributed by atoms with Gasteiger partial charge in [0.1, 0.15) is 0 Å². The molecule has 2 N–H and O–H groups in total. The van der Waals surface area contributed by atoms with E-state index in [0.29, 0.717) is 12.0 Å². The molecule has 0 saturated carbocycles. The van der Waals surface area contributed by atoms with Gasteiger partial charge in [-0.2, -0.15) is 0 Å². The minimum absolute atomic E-state index is 0.0275. The summed E-state index contributed by atoms with van der Waals surface area (Å²) in [6, 6.07) is 0.312. The van der Waals surface area contributed by atoms with Crippen LogP contribution in [0.1, 0.15) is 6.92 Å². The summed E-state index contributed by atoms with van der Waals surface area (Å²) in [5, 5.41) is 5.96. The SMILES string of the molecule is CC(=O)NC1=CC2NC=CC2C=C1. The van der Waals surface area contributed by atoms with Crippen molar-refractivity contribution in [2.45, 2.75) is 13.0 Å². The molecule has 1 heterocycles. The normalized spacial score (nSPS) is 29.2. The van der Waals surface area contributed by atoms with Crippen LogP contribution in [0.2, 0.25) is 0 Å². The monoisotopic (exact) mass is 176 g/mol. The molecule has 2 atom stereocenters. The van der Waals surface area contributed by atoms with Gasteiger partial charge in [-0.3, -0.25) is 4.79 Å². The van der Waals surface area contributed by atoms with E-state index >= 15 is 0 Å². The third kappa shape index (κ3) is 1.64. The Hall–Kier alpha value is -1.51. The molecule has 3 nitrogen and oxygen atoms in total. The molecule has 0 aromatic rings. The summed E-state index contributed by atoms with van der Waals surface area (Å²) in [6.07, 6.45) is 10.1. The van der Waals surface area contributed by atoms with Gasteiger partial charge in [0.2, 0.25) is 5.91 Å². The van der Waals surface area contributed by atoms with Crippen molar-refractivity contribution in [3.05, 3.63) is 36.2 Å². The van der Waals surface area contributed by atoms with Crippen LogP contribution < -0.4 is 10.6 Å². The summed E-state index contributed by atoms with van der Waals surface area (Å²) in [6.45, 7) is 1.51. The third-order valence-electron chi connectivity index (χ3n) is 2.20. The van der Waals surface area contributed by atoms with E-state index in [1.54, 1.807) is 0 Å². The van der Waals surface area contributed by atoms with E-state index in [9.17, 15) is 4.79 Å². The Kier molecular flexibility index (Phi) is 1.93. The molecule has 1 aliphatic heterocycles. The van der Waals surface area contributed by atoms with Gasteiger partial charge in [0.05, 0.1) is 6.04 Å². The Morgan fingerprint density at radius 3 is 3.15 bits per heavy atom. The maximum atomic E-state index is 10.8. The molecule has 2 rings (SSSR count). The van der Waals surface area contributed by atoms with Crippen LogP contribution in [0, 0.1) is 5.92 Å². The van der Waals surface area contributed by atoms with Crippen molar-refractivity contribution in [2.75, 3.05) is 0 Å². The molecule has 68 valence electrons. The Balaban J connectivity index is 2.08. The second-order valence-corrected chi connectivity index (χ2v) is 3.29. The minimum Gasteiger partial charge on any atom is -0.384 e. The van der Waals surface area contributed by atoms with Gasteiger partial charge < -0.3 is 10.6 Å². The number of carbonyl (C=O) groups excluding carboxylic acids is 1. The molecule has 1 amide bonds. The zero-order chi connectivity index (χ0) is 9.26. The van der Waals surface area contributed by atoms with Crippen molar-refractivity contribution in [1.29, 1.82) is 0 Å². The lowest BCUT2D eigenvalue weighted by Crippen LogP contribution is -2.29. The number of nitrogens with one attached hydrogen (secondary N) is 2. The summed E-state index contributed by atoms with van der Waals surface area (Å²) in [7, 11) is 0. The van der Waals surface area contributed by atoms with Gasteiger partial charge in [-0.25, -0.2) is 0 Å². The molecule has 2 unspecified atom stereocenters. The standard InChI is InChI=1S/C10H12N2O/c1-7(13)12-9-3-2-8-4-5-11-10(8)6-9/h2-6,8,10-11H,1H3,(H,12,13). The van der Waals surface area contributed by atoms with E-state index < -0.39 is 0 Å². The molecule has 0 aromatic heterocycles. The van der Waals surface area contributed by atoms with Gasteiger partial charge in [-0.05, 0) is 18.4 Å². The minimum atomic E-state index is -0.0275. The zero-order valence-electron chi connectivity index (χ0n) is 7.45. The van der Waals surface area contributed by atoms with Gasteiger partial charge in [0, 0.05) is 18.5 Å². The average molecular weight is 176 g/mol. The molecule has 1 aliphatic carbocycles. The molecule has 0 spiro atoms. The molecule has 0 bridgehead atoms. The van der Waals surface area contributed by atoms with Crippen LogP contribution in [-0.2, 0) is 4.79 Å². The first-order valence-electron chi connectivity index (χ1n) is 4.36. The first kappa shape index (κ1) is 8.10. The van der Waals surface area contributed by atoms with E-state index in [2.05, 4.69) is 22.8 Å². The molecule has 0 saturated heterocycles. The molecule has 0 radical (unpaired) electrons. The maximum Gasteiger partial charge on any atom is 0.221 e. The molecule has 13 heavy (non-hydrogen) atoms. The molecule has 0 fully saturated rings. The number of hydrogen-bond donors (Lipinski definition) is 2. The summed E-state index contributed by atoms with van der Waals surface area (Å²) in [5.41, 5.74) is 0.880. The quantitative estimate of drug-likeness (QED) is 0.616. The van der Waals surface area contributed by atoms with E-state index in [1.807, 2.05) is 18.4 Å².